The number of alkyl halides is 2. The summed E-state index contributed by atoms with van der Waals surface area (Å²) >= 11 is 0. The van der Waals surface area contributed by atoms with Crippen LogP contribution in [0.15, 0.2) is 42.7 Å². The SMILES string of the molecule is CC1CC(c2cccc(-c3cc(C(F)F)c4cc(CN5CCC[C@H](C)C5)[nH]c4c3F)c2)(c2nncn2C)C1. The molecule has 1 aliphatic heterocycles. The minimum absolute atomic E-state index is 0.142. The minimum Gasteiger partial charge on any atom is -0.355 e. The molecule has 38 heavy (non-hydrogen) atoms. The molecule has 2 aromatic heterocycles. The number of aromatic nitrogens is 4. The Morgan fingerprint density at radius 2 is 1.95 bits per heavy atom. The highest BCUT2D eigenvalue weighted by Crippen LogP contribution is 2.52. The van der Waals surface area contributed by atoms with Crippen LogP contribution in [0.2, 0.25) is 0 Å². The second-order valence-electron chi connectivity index (χ2n) is 11.6. The average molecular weight is 522 g/mol. The number of rotatable bonds is 6. The number of fused-ring (bicyclic) bond motifs is 1. The van der Waals surface area contributed by atoms with Gasteiger partial charge in [-0.05, 0) is 67.3 Å². The van der Waals surface area contributed by atoms with Crippen molar-refractivity contribution in [2.24, 2.45) is 18.9 Å². The maximum absolute atomic E-state index is 16.1. The highest BCUT2D eigenvalue weighted by molar-refractivity contribution is 5.90. The van der Waals surface area contributed by atoms with E-state index in [0.29, 0.717) is 23.9 Å². The molecule has 2 aliphatic rings. The Kier molecular flexibility index (Phi) is 6.33. The van der Waals surface area contributed by atoms with E-state index in [4.69, 9.17) is 0 Å². The van der Waals surface area contributed by atoms with E-state index in [1.54, 1.807) is 18.5 Å². The quantitative estimate of drug-likeness (QED) is 0.298. The topological polar surface area (TPSA) is 49.7 Å². The van der Waals surface area contributed by atoms with Gasteiger partial charge in [-0.3, -0.25) is 4.90 Å². The standard InChI is InChI=1S/C30H34F3N5/c1-18-6-5-9-38(15-18)16-22-11-24-25(28(32)33)12-23(26(31)27(24)35-22)20-7-4-8-21(10-20)30(13-19(2)14-30)29-36-34-17-37(29)3/h4,7-8,10-12,17-19,28,35H,5-6,9,13-16H2,1-3H3/t18-,19?,30?/m0/s1. The fourth-order valence-corrected chi connectivity index (χ4v) is 6.87. The third-order valence-electron chi connectivity index (χ3n) is 8.57. The van der Waals surface area contributed by atoms with Gasteiger partial charge in [0.15, 0.2) is 5.82 Å². The second-order valence-corrected chi connectivity index (χ2v) is 11.6. The summed E-state index contributed by atoms with van der Waals surface area (Å²) in [5, 5.41) is 8.76. The van der Waals surface area contributed by atoms with Crippen LogP contribution in [-0.2, 0) is 19.0 Å². The zero-order chi connectivity index (χ0) is 26.6. The molecule has 0 amide bonds. The van der Waals surface area contributed by atoms with Crippen molar-refractivity contribution in [2.75, 3.05) is 13.1 Å². The maximum atomic E-state index is 16.1. The van der Waals surface area contributed by atoms with Crippen molar-refractivity contribution in [2.45, 2.75) is 57.9 Å². The summed E-state index contributed by atoms with van der Waals surface area (Å²) in [6.45, 7) is 6.96. The van der Waals surface area contributed by atoms with Crippen molar-refractivity contribution in [3.05, 3.63) is 71.2 Å². The number of aromatic amines is 1. The van der Waals surface area contributed by atoms with E-state index < -0.39 is 12.2 Å². The molecular formula is C30H34F3N5. The van der Waals surface area contributed by atoms with E-state index in [9.17, 15) is 8.78 Å². The van der Waals surface area contributed by atoms with Gasteiger partial charge in [0.1, 0.15) is 12.2 Å². The van der Waals surface area contributed by atoms with Crippen molar-refractivity contribution in [3.8, 4) is 11.1 Å². The third kappa shape index (κ3) is 4.23. The molecule has 2 fully saturated rings. The molecule has 6 rings (SSSR count). The van der Waals surface area contributed by atoms with Crippen LogP contribution in [0, 0.1) is 17.7 Å². The number of likely N-dealkylation sites (tertiary alicyclic amines) is 1. The van der Waals surface area contributed by atoms with Crippen molar-refractivity contribution in [3.63, 3.8) is 0 Å². The number of hydrogen-bond donors (Lipinski definition) is 1. The van der Waals surface area contributed by atoms with Gasteiger partial charge in [0.05, 0.1) is 10.9 Å². The average Bonchev–Trinajstić information content (AvgIpc) is 3.48. The first-order valence-electron chi connectivity index (χ1n) is 13.5. The molecule has 1 N–H and O–H groups in total. The zero-order valence-electron chi connectivity index (χ0n) is 22.1. The number of aryl methyl sites for hydroxylation is 1. The van der Waals surface area contributed by atoms with Gasteiger partial charge in [0, 0.05) is 42.3 Å². The van der Waals surface area contributed by atoms with Gasteiger partial charge in [-0.15, -0.1) is 10.2 Å². The van der Waals surface area contributed by atoms with Gasteiger partial charge in [-0.2, -0.15) is 0 Å². The van der Waals surface area contributed by atoms with Crippen molar-refractivity contribution >= 4 is 10.9 Å². The Morgan fingerprint density at radius 1 is 1.13 bits per heavy atom. The molecule has 4 aromatic rings. The summed E-state index contributed by atoms with van der Waals surface area (Å²) in [6.07, 6.45) is 3.11. The van der Waals surface area contributed by atoms with Crippen LogP contribution < -0.4 is 0 Å². The Labute approximate surface area is 221 Å². The summed E-state index contributed by atoms with van der Waals surface area (Å²) < 4.78 is 46.6. The predicted octanol–water partition coefficient (Wildman–Crippen LogP) is 6.99. The minimum atomic E-state index is -2.71. The molecule has 1 saturated heterocycles. The van der Waals surface area contributed by atoms with E-state index in [-0.39, 0.29) is 27.4 Å². The van der Waals surface area contributed by atoms with Gasteiger partial charge >= 0.3 is 0 Å². The lowest BCUT2D eigenvalue weighted by Crippen LogP contribution is -2.43. The highest BCUT2D eigenvalue weighted by Gasteiger charge is 2.48. The summed E-state index contributed by atoms with van der Waals surface area (Å²) in [5.74, 6) is 1.51. The third-order valence-corrected chi connectivity index (χ3v) is 8.57. The number of nitrogens with one attached hydrogen (secondary N) is 1. The molecule has 3 heterocycles. The Hall–Kier alpha value is -3.13. The van der Waals surface area contributed by atoms with Crippen LogP contribution in [0.4, 0.5) is 13.2 Å². The molecule has 1 aliphatic carbocycles. The molecule has 2 aromatic carbocycles. The smallest absolute Gasteiger partial charge is 0.264 e. The highest BCUT2D eigenvalue weighted by atomic mass is 19.3. The van der Waals surface area contributed by atoms with Gasteiger partial charge in [-0.1, -0.05) is 38.1 Å². The zero-order valence-corrected chi connectivity index (χ0v) is 22.1. The summed E-state index contributed by atoms with van der Waals surface area (Å²) in [4.78, 5) is 5.48. The van der Waals surface area contributed by atoms with Gasteiger partial charge in [-0.25, -0.2) is 13.2 Å². The van der Waals surface area contributed by atoms with E-state index in [1.165, 1.54) is 12.5 Å². The molecule has 1 atom stereocenters. The van der Waals surface area contributed by atoms with E-state index in [1.807, 2.05) is 29.8 Å². The van der Waals surface area contributed by atoms with Crippen LogP contribution >= 0.6 is 0 Å². The number of halogens is 3. The Morgan fingerprint density at radius 3 is 2.63 bits per heavy atom. The fourth-order valence-electron chi connectivity index (χ4n) is 6.87. The van der Waals surface area contributed by atoms with E-state index in [0.717, 1.165) is 49.4 Å². The predicted molar refractivity (Wildman–Crippen MR) is 143 cm³/mol. The van der Waals surface area contributed by atoms with Crippen molar-refractivity contribution in [1.29, 1.82) is 0 Å². The number of H-pyrrole nitrogens is 1. The molecule has 1 saturated carbocycles. The summed E-state index contributed by atoms with van der Waals surface area (Å²) in [6, 6.07) is 10.7. The molecule has 8 heteroatoms. The normalized spacial score (nSPS) is 24.3. The summed E-state index contributed by atoms with van der Waals surface area (Å²) in [5.41, 5.74) is 2.25. The number of hydrogen-bond acceptors (Lipinski definition) is 3. The number of piperidine rings is 1. The van der Waals surface area contributed by atoms with Crippen molar-refractivity contribution < 1.29 is 13.2 Å². The van der Waals surface area contributed by atoms with Gasteiger partial charge < -0.3 is 9.55 Å². The Bertz CT molecular complexity index is 1470. The van der Waals surface area contributed by atoms with Crippen LogP contribution in [0.25, 0.3) is 22.0 Å². The molecule has 0 radical (unpaired) electrons. The molecule has 0 bridgehead atoms. The van der Waals surface area contributed by atoms with Crippen LogP contribution in [0.3, 0.4) is 0 Å². The number of nitrogens with zero attached hydrogens (tertiary/aromatic N) is 4. The van der Waals surface area contributed by atoms with E-state index >= 15 is 4.39 Å². The van der Waals surface area contributed by atoms with Gasteiger partial charge in [0.2, 0.25) is 0 Å². The lowest BCUT2D eigenvalue weighted by molar-refractivity contribution is 0.153. The Balaban J connectivity index is 1.42. The van der Waals surface area contributed by atoms with Crippen molar-refractivity contribution in [1.82, 2.24) is 24.6 Å². The van der Waals surface area contributed by atoms with Gasteiger partial charge in [0.25, 0.3) is 6.43 Å². The largest absolute Gasteiger partial charge is 0.355 e. The van der Waals surface area contributed by atoms with Crippen LogP contribution in [-0.4, -0.2) is 37.7 Å². The van der Waals surface area contributed by atoms with Crippen LogP contribution in [0.5, 0.6) is 0 Å². The number of benzene rings is 2. The molecular weight excluding hydrogens is 487 g/mol. The monoisotopic (exact) mass is 521 g/mol. The first kappa shape index (κ1) is 25.2. The van der Waals surface area contributed by atoms with E-state index in [2.05, 4.69) is 33.9 Å². The lowest BCUT2D eigenvalue weighted by Gasteiger charge is -2.46. The molecule has 200 valence electrons. The first-order chi connectivity index (χ1) is 18.2. The second kappa shape index (κ2) is 9.56. The fraction of sp³-hybridized carbons (Fsp3) is 0.467. The molecule has 5 nitrogen and oxygen atoms in total. The molecule has 0 spiro atoms. The summed E-state index contributed by atoms with van der Waals surface area (Å²) in [7, 11) is 1.93. The molecule has 0 unspecified atom stereocenters. The maximum Gasteiger partial charge on any atom is 0.264 e. The lowest BCUT2D eigenvalue weighted by atomic mass is 9.58. The van der Waals surface area contributed by atoms with Crippen LogP contribution in [0.1, 0.15) is 68.6 Å². The first-order valence-corrected chi connectivity index (χ1v) is 13.5.